The molecule has 0 aromatic carbocycles. The normalized spacial score (nSPS) is 11.1. The third kappa shape index (κ3) is 12.2. The lowest BCUT2D eigenvalue weighted by atomic mass is 10.2. The molecule has 0 rings (SSSR count). The highest BCUT2D eigenvalue weighted by Crippen LogP contribution is 2.00. The number of amides is 2. The van der Waals surface area contributed by atoms with E-state index in [9.17, 15) is 9.59 Å². The summed E-state index contributed by atoms with van der Waals surface area (Å²) in [7, 11) is 1.61. The van der Waals surface area contributed by atoms with Crippen molar-refractivity contribution in [3.05, 3.63) is 0 Å². The van der Waals surface area contributed by atoms with E-state index in [1.807, 2.05) is 11.8 Å². The van der Waals surface area contributed by atoms with Crippen LogP contribution in [0, 0.1) is 0 Å². The number of hydrogen-bond acceptors (Lipinski definition) is 6. The van der Waals surface area contributed by atoms with Crippen LogP contribution in [0.25, 0.3) is 0 Å². The summed E-state index contributed by atoms with van der Waals surface area (Å²) in [5.41, 5.74) is 0. The summed E-state index contributed by atoms with van der Waals surface area (Å²) in [6, 6.07) is 0. The highest BCUT2D eigenvalue weighted by Gasteiger charge is 2.11. The lowest BCUT2D eigenvalue weighted by Crippen LogP contribution is -2.36. The molecule has 0 unspecified atom stereocenters. The molecule has 0 aliphatic carbocycles. The van der Waals surface area contributed by atoms with Crippen molar-refractivity contribution in [1.82, 2.24) is 20.4 Å². The molecule has 8 heteroatoms. The van der Waals surface area contributed by atoms with Gasteiger partial charge >= 0.3 is 0 Å². The summed E-state index contributed by atoms with van der Waals surface area (Å²) >= 11 is 0. The first kappa shape index (κ1) is 22.8. The zero-order valence-corrected chi connectivity index (χ0v) is 15.1. The fraction of sp³-hybridized carbons (Fsp3) is 0.875. The molecule has 142 valence electrons. The molecule has 0 radical (unpaired) electrons. The zero-order valence-electron chi connectivity index (χ0n) is 15.1. The standard InChI is InChI=1S/C16H34N4O4/c1-3-18-16(24)6-10-19(9-5-15(23)17-2)7-4-8-20(11-13-21)12-14-22/h21-22H,3-14H2,1-2H3,(H,17,23)(H,18,24). The summed E-state index contributed by atoms with van der Waals surface area (Å²) < 4.78 is 0. The quantitative estimate of drug-likeness (QED) is 0.292. The summed E-state index contributed by atoms with van der Waals surface area (Å²) in [5, 5.41) is 23.4. The minimum absolute atomic E-state index is 0.0137. The molecule has 24 heavy (non-hydrogen) atoms. The second-order valence-corrected chi connectivity index (χ2v) is 5.61. The molecule has 0 heterocycles. The Kier molecular flexibility index (Phi) is 14.5. The first-order chi connectivity index (χ1) is 11.6. The van der Waals surface area contributed by atoms with Crippen LogP contribution in [0.4, 0.5) is 0 Å². The maximum absolute atomic E-state index is 11.6. The van der Waals surface area contributed by atoms with Crippen LogP contribution in [0.1, 0.15) is 26.2 Å². The number of rotatable bonds is 15. The van der Waals surface area contributed by atoms with E-state index in [4.69, 9.17) is 10.2 Å². The Hall–Kier alpha value is -1.22. The van der Waals surface area contributed by atoms with Crippen LogP contribution in [0.3, 0.4) is 0 Å². The number of aliphatic hydroxyl groups is 2. The number of carbonyl (C=O) groups is 2. The molecule has 0 atom stereocenters. The SMILES string of the molecule is CCNC(=O)CCN(CCCN(CCO)CCO)CCC(=O)NC. The third-order valence-corrected chi connectivity index (χ3v) is 3.74. The predicted octanol–water partition coefficient (Wildman–Crippen LogP) is -1.37. The van der Waals surface area contributed by atoms with Gasteiger partial charge in [-0.05, 0) is 26.4 Å². The van der Waals surface area contributed by atoms with Crippen molar-refractivity contribution in [2.75, 3.05) is 66.1 Å². The average Bonchev–Trinajstić information content (AvgIpc) is 2.57. The minimum atomic E-state index is -0.0137. The second-order valence-electron chi connectivity index (χ2n) is 5.61. The largest absolute Gasteiger partial charge is 0.395 e. The van der Waals surface area contributed by atoms with Crippen molar-refractivity contribution in [3.63, 3.8) is 0 Å². The number of carbonyl (C=O) groups excluding carboxylic acids is 2. The maximum atomic E-state index is 11.6. The summed E-state index contributed by atoms with van der Waals surface area (Å²) in [4.78, 5) is 27.2. The molecule has 4 N–H and O–H groups in total. The number of nitrogens with zero attached hydrogens (tertiary/aromatic N) is 2. The lowest BCUT2D eigenvalue weighted by molar-refractivity contribution is -0.121. The fourth-order valence-electron chi connectivity index (χ4n) is 2.40. The van der Waals surface area contributed by atoms with Gasteiger partial charge in [0, 0.05) is 52.6 Å². The first-order valence-electron chi connectivity index (χ1n) is 8.71. The molecule has 0 spiro atoms. The molecule has 0 aromatic heterocycles. The van der Waals surface area contributed by atoms with Gasteiger partial charge in [0.15, 0.2) is 0 Å². The molecule has 8 nitrogen and oxygen atoms in total. The summed E-state index contributed by atoms with van der Waals surface area (Å²) in [6.45, 7) is 6.47. The zero-order chi connectivity index (χ0) is 18.2. The van der Waals surface area contributed by atoms with Gasteiger partial charge in [-0.2, -0.15) is 0 Å². The van der Waals surface area contributed by atoms with E-state index in [0.29, 0.717) is 45.6 Å². The van der Waals surface area contributed by atoms with Crippen LogP contribution in [-0.2, 0) is 9.59 Å². The van der Waals surface area contributed by atoms with Crippen LogP contribution in [0.2, 0.25) is 0 Å². The first-order valence-corrected chi connectivity index (χ1v) is 8.71. The van der Waals surface area contributed by atoms with Crippen molar-refractivity contribution in [1.29, 1.82) is 0 Å². The van der Waals surface area contributed by atoms with Gasteiger partial charge in [-0.15, -0.1) is 0 Å². The van der Waals surface area contributed by atoms with Gasteiger partial charge in [0.1, 0.15) is 0 Å². The Morgan fingerprint density at radius 3 is 1.79 bits per heavy atom. The lowest BCUT2D eigenvalue weighted by Gasteiger charge is -2.25. The molecule has 0 aliphatic rings. The van der Waals surface area contributed by atoms with Crippen molar-refractivity contribution in [2.24, 2.45) is 0 Å². The number of aliphatic hydroxyl groups excluding tert-OH is 2. The van der Waals surface area contributed by atoms with Gasteiger partial charge in [-0.3, -0.25) is 14.5 Å². The Balaban J connectivity index is 4.29. The van der Waals surface area contributed by atoms with Crippen molar-refractivity contribution in [2.45, 2.75) is 26.2 Å². The predicted molar refractivity (Wildman–Crippen MR) is 93.7 cm³/mol. The van der Waals surface area contributed by atoms with Gasteiger partial charge in [0.25, 0.3) is 0 Å². The van der Waals surface area contributed by atoms with E-state index in [0.717, 1.165) is 19.5 Å². The van der Waals surface area contributed by atoms with E-state index < -0.39 is 0 Å². The Morgan fingerprint density at radius 1 is 0.833 bits per heavy atom. The van der Waals surface area contributed by atoms with Gasteiger partial charge < -0.3 is 25.7 Å². The smallest absolute Gasteiger partial charge is 0.221 e. The maximum Gasteiger partial charge on any atom is 0.221 e. The number of nitrogens with one attached hydrogen (secondary N) is 2. The Labute approximate surface area is 145 Å². The molecule has 0 saturated heterocycles. The van der Waals surface area contributed by atoms with E-state index in [1.165, 1.54) is 0 Å². The van der Waals surface area contributed by atoms with Crippen molar-refractivity contribution >= 4 is 11.8 Å². The van der Waals surface area contributed by atoms with Crippen LogP contribution in [0.15, 0.2) is 0 Å². The second kappa shape index (κ2) is 15.3. The average molecular weight is 346 g/mol. The van der Waals surface area contributed by atoms with Crippen LogP contribution >= 0.6 is 0 Å². The van der Waals surface area contributed by atoms with Gasteiger partial charge in [0.05, 0.1) is 13.2 Å². The van der Waals surface area contributed by atoms with Crippen molar-refractivity contribution in [3.8, 4) is 0 Å². The molecule has 0 aromatic rings. The number of hydrogen-bond donors (Lipinski definition) is 4. The molecular weight excluding hydrogens is 312 g/mol. The molecule has 0 bridgehead atoms. The molecular formula is C16H34N4O4. The van der Waals surface area contributed by atoms with Crippen LogP contribution in [0.5, 0.6) is 0 Å². The Morgan fingerprint density at radius 2 is 1.33 bits per heavy atom. The minimum Gasteiger partial charge on any atom is -0.395 e. The Bertz CT molecular complexity index is 336. The van der Waals surface area contributed by atoms with Gasteiger partial charge in [0.2, 0.25) is 11.8 Å². The van der Waals surface area contributed by atoms with Gasteiger partial charge in [-0.25, -0.2) is 0 Å². The topological polar surface area (TPSA) is 105 Å². The van der Waals surface area contributed by atoms with E-state index in [1.54, 1.807) is 7.05 Å². The molecule has 0 fully saturated rings. The van der Waals surface area contributed by atoms with E-state index in [-0.39, 0.29) is 25.0 Å². The van der Waals surface area contributed by atoms with Crippen LogP contribution in [-0.4, -0.2) is 97.9 Å². The highest BCUT2D eigenvalue weighted by molar-refractivity contribution is 5.76. The van der Waals surface area contributed by atoms with E-state index in [2.05, 4.69) is 15.5 Å². The van der Waals surface area contributed by atoms with Crippen LogP contribution < -0.4 is 10.6 Å². The summed E-state index contributed by atoms with van der Waals surface area (Å²) in [5.74, 6) is 0.00447. The van der Waals surface area contributed by atoms with E-state index >= 15 is 0 Å². The van der Waals surface area contributed by atoms with Gasteiger partial charge in [-0.1, -0.05) is 0 Å². The monoisotopic (exact) mass is 346 g/mol. The fourth-order valence-corrected chi connectivity index (χ4v) is 2.40. The highest BCUT2D eigenvalue weighted by atomic mass is 16.3. The molecule has 2 amide bonds. The molecule has 0 aliphatic heterocycles. The summed E-state index contributed by atoms with van der Waals surface area (Å²) in [6.07, 6.45) is 1.67. The molecule has 0 saturated carbocycles. The third-order valence-electron chi connectivity index (χ3n) is 3.74. The van der Waals surface area contributed by atoms with Crippen molar-refractivity contribution < 1.29 is 19.8 Å².